The van der Waals surface area contributed by atoms with Gasteiger partial charge in [-0.1, -0.05) is 55.8 Å². The zero-order chi connectivity index (χ0) is 24.4. The van der Waals surface area contributed by atoms with E-state index in [-0.39, 0.29) is 27.9 Å². The largest absolute Gasteiger partial charge is 0.496 e. The number of ether oxygens (including phenoxy) is 1. The molecule has 1 atom stereocenters. The van der Waals surface area contributed by atoms with E-state index in [0.717, 1.165) is 19.6 Å². The summed E-state index contributed by atoms with van der Waals surface area (Å²) in [6.45, 7) is 8.40. The molecule has 0 aliphatic carbocycles. The Morgan fingerprint density at radius 2 is 1.79 bits per heavy atom. The van der Waals surface area contributed by atoms with E-state index in [1.807, 2.05) is 0 Å². The molecule has 0 aliphatic heterocycles. The van der Waals surface area contributed by atoms with Gasteiger partial charge in [-0.25, -0.2) is 0 Å². The number of Topliss-reactive ketones (excluding diaryl/α,β-unsaturated/α-hetero) is 2. The number of nitrogens with zero attached hydrogens (tertiary/aromatic N) is 3. The quantitative estimate of drug-likeness (QED) is 0.281. The van der Waals surface area contributed by atoms with Crippen molar-refractivity contribution < 1.29 is 19.1 Å². The van der Waals surface area contributed by atoms with E-state index in [2.05, 4.69) is 34.3 Å². The number of rotatable bonds is 12. The van der Waals surface area contributed by atoms with E-state index < -0.39 is 17.6 Å². The van der Waals surface area contributed by atoms with Gasteiger partial charge in [-0.3, -0.25) is 14.4 Å². The van der Waals surface area contributed by atoms with Gasteiger partial charge >= 0.3 is 0 Å². The topological polar surface area (TPSA) is 100 Å². The molecule has 9 heteroatoms. The molecule has 2 rings (SSSR count). The van der Waals surface area contributed by atoms with E-state index in [0.29, 0.717) is 12.1 Å². The minimum absolute atomic E-state index is 0.142. The van der Waals surface area contributed by atoms with Crippen LogP contribution in [0.4, 0.5) is 5.69 Å². The highest BCUT2D eigenvalue weighted by Gasteiger charge is 2.24. The van der Waals surface area contributed by atoms with Crippen LogP contribution in [0.5, 0.6) is 5.75 Å². The molecule has 33 heavy (non-hydrogen) atoms. The highest BCUT2D eigenvalue weighted by Crippen LogP contribution is 2.33. The van der Waals surface area contributed by atoms with Crippen LogP contribution in [0.15, 0.2) is 52.7 Å². The lowest BCUT2D eigenvalue weighted by Gasteiger charge is -2.18. The lowest BCUT2D eigenvalue weighted by molar-refractivity contribution is -0.117. The molecule has 0 radical (unpaired) electrons. The number of methoxy groups -OCH3 is 1. The summed E-state index contributed by atoms with van der Waals surface area (Å²) >= 11 is 6.32. The van der Waals surface area contributed by atoms with E-state index in [9.17, 15) is 14.4 Å². The van der Waals surface area contributed by atoms with Crippen molar-refractivity contribution in [2.45, 2.75) is 26.8 Å². The molecule has 0 saturated carbocycles. The summed E-state index contributed by atoms with van der Waals surface area (Å²) < 4.78 is 5.34. The van der Waals surface area contributed by atoms with Gasteiger partial charge in [-0.05, 0) is 26.1 Å². The third-order valence-corrected chi connectivity index (χ3v) is 5.40. The minimum atomic E-state index is -1.29. The summed E-state index contributed by atoms with van der Waals surface area (Å²) in [4.78, 5) is 39.5. The van der Waals surface area contributed by atoms with Gasteiger partial charge in [0.25, 0.3) is 5.91 Å². The van der Waals surface area contributed by atoms with Gasteiger partial charge in [0.1, 0.15) is 11.4 Å². The van der Waals surface area contributed by atoms with Gasteiger partial charge in [-0.2, -0.15) is 10.2 Å². The lowest BCUT2D eigenvalue weighted by atomic mass is 10.0. The molecule has 0 bridgehead atoms. The van der Waals surface area contributed by atoms with Crippen molar-refractivity contribution in [3.63, 3.8) is 0 Å². The Balaban J connectivity index is 2.22. The highest BCUT2D eigenvalue weighted by atomic mass is 35.5. The number of azo groups is 1. The number of halogens is 1. The van der Waals surface area contributed by atoms with Crippen LogP contribution in [-0.2, 0) is 4.79 Å². The molecule has 0 saturated heterocycles. The predicted octanol–water partition coefficient (Wildman–Crippen LogP) is 4.34. The van der Waals surface area contributed by atoms with Gasteiger partial charge in [0.2, 0.25) is 0 Å². The first-order chi connectivity index (χ1) is 15.8. The number of hydrogen-bond donors (Lipinski definition) is 1. The number of benzene rings is 2. The number of ketones is 2. The normalized spacial score (nSPS) is 12.1. The molecule has 0 fully saturated rings. The number of carbonyl (C=O) groups excluding carboxylic acids is 3. The lowest BCUT2D eigenvalue weighted by Crippen LogP contribution is -2.34. The van der Waals surface area contributed by atoms with Gasteiger partial charge in [-0.15, -0.1) is 0 Å². The average molecular weight is 473 g/mol. The Labute approximate surface area is 199 Å². The molecule has 2 aromatic carbocycles. The van der Waals surface area contributed by atoms with Crippen LogP contribution in [0.25, 0.3) is 0 Å². The number of likely N-dealkylation sites (N-methyl/N-ethyl adjacent to an activating group) is 1. The van der Waals surface area contributed by atoms with Crippen molar-refractivity contribution in [2.75, 3.05) is 33.3 Å². The maximum absolute atomic E-state index is 12.7. The van der Waals surface area contributed by atoms with Crippen LogP contribution in [-0.4, -0.2) is 61.7 Å². The first-order valence-electron chi connectivity index (χ1n) is 10.7. The molecular formula is C24H29ClN4O4. The molecule has 8 nitrogen and oxygen atoms in total. The fourth-order valence-electron chi connectivity index (χ4n) is 3.13. The van der Waals surface area contributed by atoms with Crippen molar-refractivity contribution in [2.24, 2.45) is 10.2 Å². The van der Waals surface area contributed by atoms with Crippen LogP contribution in [0.2, 0.25) is 5.02 Å². The maximum Gasteiger partial charge on any atom is 0.255 e. The summed E-state index contributed by atoms with van der Waals surface area (Å²) in [7, 11) is 1.42. The second-order valence-electron chi connectivity index (χ2n) is 7.25. The molecular weight excluding hydrogens is 444 g/mol. The van der Waals surface area contributed by atoms with Crippen molar-refractivity contribution in [3.05, 3.63) is 58.6 Å². The summed E-state index contributed by atoms with van der Waals surface area (Å²) in [5.41, 5.74) is 0.793. The van der Waals surface area contributed by atoms with Crippen LogP contribution < -0.4 is 10.1 Å². The van der Waals surface area contributed by atoms with Crippen molar-refractivity contribution >= 4 is 34.8 Å². The Morgan fingerprint density at radius 1 is 1.12 bits per heavy atom. The minimum Gasteiger partial charge on any atom is -0.496 e. The fourth-order valence-corrected chi connectivity index (χ4v) is 3.33. The first kappa shape index (κ1) is 26.2. The molecule has 2 aromatic rings. The van der Waals surface area contributed by atoms with Crippen LogP contribution in [0.1, 0.15) is 41.5 Å². The van der Waals surface area contributed by atoms with Crippen molar-refractivity contribution in [1.29, 1.82) is 0 Å². The van der Waals surface area contributed by atoms with Gasteiger partial charge < -0.3 is 15.0 Å². The molecule has 176 valence electrons. The Morgan fingerprint density at radius 3 is 2.36 bits per heavy atom. The zero-order valence-corrected chi connectivity index (χ0v) is 20.1. The Kier molecular flexibility index (Phi) is 10.2. The number of carbonyl (C=O) groups is 3. The number of nitrogens with one attached hydrogen (secondary N) is 1. The number of amides is 1. The Hall–Kier alpha value is -3.10. The SMILES string of the molecule is CCN(CC)CCNC(=O)c1cc(Cl)c(N=NC(C(C)=O)C(=O)c2ccccc2)cc1OC. The second kappa shape index (κ2) is 12.8. The third-order valence-electron chi connectivity index (χ3n) is 5.09. The number of hydrogen-bond acceptors (Lipinski definition) is 7. The zero-order valence-electron chi connectivity index (χ0n) is 19.3. The molecule has 0 heterocycles. The molecule has 0 aliphatic rings. The summed E-state index contributed by atoms with van der Waals surface area (Å²) in [5.74, 6) is -0.980. The summed E-state index contributed by atoms with van der Waals surface area (Å²) in [6.07, 6.45) is 0. The first-order valence-corrected chi connectivity index (χ1v) is 11.1. The van der Waals surface area contributed by atoms with Gasteiger partial charge in [0.15, 0.2) is 17.6 Å². The second-order valence-corrected chi connectivity index (χ2v) is 7.65. The van der Waals surface area contributed by atoms with Crippen LogP contribution in [0, 0.1) is 0 Å². The standard InChI is InChI=1S/C24H29ClN4O4/c1-5-29(6-2)13-12-26-24(32)18-14-19(25)20(15-21(18)33-4)27-28-22(16(3)30)23(31)17-10-8-7-9-11-17/h7-11,14-15,22H,5-6,12-13H2,1-4H3,(H,26,32). The van der Waals surface area contributed by atoms with Crippen LogP contribution >= 0.6 is 11.6 Å². The molecule has 1 N–H and O–H groups in total. The summed E-state index contributed by atoms with van der Waals surface area (Å²) in [6, 6.07) is 9.99. The molecule has 0 spiro atoms. The summed E-state index contributed by atoms with van der Waals surface area (Å²) in [5, 5.41) is 11.0. The third kappa shape index (κ3) is 7.20. The molecule has 1 amide bonds. The van der Waals surface area contributed by atoms with Crippen molar-refractivity contribution in [1.82, 2.24) is 10.2 Å². The monoisotopic (exact) mass is 472 g/mol. The van der Waals surface area contributed by atoms with Crippen molar-refractivity contribution in [3.8, 4) is 5.75 Å². The highest BCUT2D eigenvalue weighted by molar-refractivity contribution is 6.33. The van der Waals surface area contributed by atoms with E-state index in [1.54, 1.807) is 30.3 Å². The molecule has 0 aromatic heterocycles. The van der Waals surface area contributed by atoms with E-state index in [4.69, 9.17) is 16.3 Å². The fraction of sp³-hybridized carbons (Fsp3) is 0.375. The smallest absolute Gasteiger partial charge is 0.255 e. The van der Waals surface area contributed by atoms with Crippen LogP contribution in [0.3, 0.4) is 0 Å². The Bertz CT molecular complexity index is 1010. The average Bonchev–Trinajstić information content (AvgIpc) is 2.82. The van der Waals surface area contributed by atoms with Gasteiger partial charge in [0, 0.05) is 24.7 Å². The van der Waals surface area contributed by atoms with Gasteiger partial charge in [0.05, 0.1) is 17.7 Å². The van der Waals surface area contributed by atoms with E-state index >= 15 is 0 Å². The predicted molar refractivity (Wildman–Crippen MR) is 128 cm³/mol. The maximum atomic E-state index is 12.7. The van der Waals surface area contributed by atoms with E-state index in [1.165, 1.54) is 26.2 Å². The molecule has 1 unspecified atom stereocenters.